The lowest BCUT2D eigenvalue weighted by atomic mass is 10.5. The van der Waals surface area contributed by atoms with Gasteiger partial charge in [-0.3, -0.25) is 0 Å². The first-order valence-electron chi connectivity index (χ1n) is 4.57. The largest absolute Gasteiger partial charge is 0.441 e. The van der Waals surface area contributed by atoms with Crippen LogP contribution in [0.25, 0.3) is 0 Å². The molecule has 0 aromatic carbocycles. The highest BCUT2D eigenvalue weighted by molar-refractivity contribution is 7.18. The maximum atomic E-state index is 6.20. The van der Waals surface area contributed by atoms with Crippen LogP contribution in [0.2, 0.25) is 26.2 Å². The molecule has 0 heterocycles. The summed E-state index contributed by atoms with van der Waals surface area (Å²) in [7, 11) is -3.60. The van der Waals surface area contributed by atoms with E-state index < -0.39 is 15.9 Å². The maximum absolute atomic E-state index is 6.20. The third kappa shape index (κ3) is 3.42. The van der Waals surface area contributed by atoms with Crippen LogP contribution in [-0.2, 0) is 4.12 Å². The normalized spacial score (nSPS) is 17.8. The van der Waals surface area contributed by atoms with Crippen molar-refractivity contribution in [2.24, 2.45) is 0 Å². The van der Waals surface area contributed by atoms with Crippen LogP contribution in [0.3, 0.4) is 0 Å². The molecular weight excluding hydrogens is 216 g/mol. The molecule has 0 N–H and O–H groups in total. The Bertz CT molecular complexity index is 251. The van der Waals surface area contributed by atoms with E-state index in [0.717, 1.165) is 6.42 Å². The number of rotatable bonds is 3. The van der Waals surface area contributed by atoms with E-state index in [1.54, 1.807) is 0 Å². The van der Waals surface area contributed by atoms with Crippen LogP contribution >= 0.6 is 11.1 Å². The van der Waals surface area contributed by atoms with E-state index in [-0.39, 0.29) is 0 Å². The summed E-state index contributed by atoms with van der Waals surface area (Å²) in [5.41, 5.74) is 0. The number of halogens is 1. The average Bonchev–Trinajstić information content (AvgIpc) is 2.29. The molecule has 1 aliphatic carbocycles. The summed E-state index contributed by atoms with van der Waals surface area (Å²) in [6, 6.07) is 0. The Hall–Kier alpha value is 0.164. The Labute approximate surface area is 87.4 Å². The third-order valence-electron chi connectivity index (χ3n) is 1.96. The molecule has 0 saturated carbocycles. The van der Waals surface area contributed by atoms with Gasteiger partial charge in [0.1, 0.15) is 0 Å². The lowest BCUT2D eigenvalue weighted by molar-refractivity contribution is 0.577. The fourth-order valence-corrected chi connectivity index (χ4v) is 9.76. The molecule has 0 unspecified atom stereocenters. The summed E-state index contributed by atoms with van der Waals surface area (Å²) in [5, 5.41) is 1.38. The minimum atomic E-state index is -1.90. The standard InChI is InChI=1S/C9H17ClOSi2/c1-12(2,11-13(3,4)10)9-7-5-6-8-9/h5,7-8H,6H2,1-4H3. The van der Waals surface area contributed by atoms with Gasteiger partial charge in [-0.15, -0.1) is 11.1 Å². The van der Waals surface area contributed by atoms with Crippen LogP contribution in [0, 0.1) is 0 Å². The van der Waals surface area contributed by atoms with Gasteiger partial charge in [-0.05, 0) is 37.8 Å². The molecule has 1 rings (SSSR count). The molecule has 1 nitrogen and oxygen atoms in total. The third-order valence-corrected chi connectivity index (χ3v) is 8.40. The van der Waals surface area contributed by atoms with Crippen LogP contribution in [-0.4, -0.2) is 15.9 Å². The molecule has 0 spiro atoms. The van der Waals surface area contributed by atoms with Gasteiger partial charge in [0.2, 0.25) is 8.32 Å². The van der Waals surface area contributed by atoms with Gasteiger partial charge >= 0.3 is 0 Å². The Morgan fingerprint density at radius 1 is 1.31 bits per heavy atom. The van der Waals surface area contributed by atoms with Gasteiger partial charge in [0, 0.05) is 0 Å². The first-order chi connectivity index (χ1) is 5.81. The molecule has 74 valence electrons. The molecule has 1 aliphatic rings. The first kappa shape index (κ1) is 11.2. The van der Waals surface area contributed by atoms with Gasteiger partial charge in [0.15, 0.2) is 0 Å². The Morgan fingerprint density at radius 3 is 2.31 bits per heavy atom. The highest BCUT2D eigenvalue weighted by Gasteiger charge is 2.34. The molecule has 0 aliphatic heterocycles. The van der Waals surface area contributed by atoms with Gasteiger partial charge < -0.3 is 4.12 Å². The topological polar surface area (TPSA) is 9.23 Å². The van der Waals surface area contributed by atoms with Crippen molar-refractivity contribution in [3.8, 4) is 0 Å². The zero-order valence-corrected chi connectivity index (χ0v) is 11.5. The van der Waals surface area contributed by atoms with E-state index in [0.29, 0.717) is 0 Å². The molecule has 13 heavy (non-hydrogen) atoms. The van der Waals surface area contributed by atoms with Crippen molar-refractivity contribution in [1.29, 1.82) is 0 Å². The summed E-state index contributed by atoms with van der Waals surface area (Å²) in [6.07, 6.45) is 7.67. The predicted octanol–water partition coefficient (Wildman–Crippen LogP) is 3.57. The second-order valence-electron chi connectivity index (χ2n) is 4.27. The van der Waals surface area contributed by atoms with Crippen molar-refractivity contribution in [2.45, 2.75) is 32.6 Å². The van der Waals surface area contributed by atoms with Crippen LogP contribution < -0.4 is 0 Å². The molecular formula is C9H17ClOSi2. The van der Waals surface area contributed by atoms with Gasteiger partial charge in [-0.25, -0.2) is 0 Å². The fraction of sp³-hybridized carbons (Fsp3) is 0.556. The van der Waals surface area contributed by atoms with Gasteiger partial charge in [-0.1, -0.05) is 18.2 Å². The zero-order chi connectivity index (χ0) is 10.1. The summed E-state index contributed by atoms with van der Waals surface area (Å²) >= 11 is 6.20. The van der Waals surface area contributed by atoms with Crippen molar-refractivity contribution in [3.63, 3.8) is 0 Å². The number of hydrogen-bond acceptors (Lipinski definition) is 1. The van der Waals surface area contributed by atoms with Crippen LogP contribution in [0.4, 0.5) is 0 Å². The Morgan fingerprint density at radius 2 is 1.92 bits per heavy atom. The van der Waals surface area contributed by atoms with E-state index in [4.69, 9.17) is 15.2 Å². The summed E-state index contributed by atoms with van der Waals surface area (Å²) in [6.45, 7) is 8.49. The van der Waals surface area contributed by atoms with Crippen molar-refractivity contribution in [3.05, 3.63) is 23.4 Å². The number of hydrogen-bond donors (Lipinski definition) is 0. The van der Waals surface area contributed by atoms with Crippen molar-refractivity contribution < 1.29 is 4.12 Å². The molecule has 0 saturated heterocycles. The molecule has 0 aromatic heterocycles. The van der Waals surface area contributed by atoms with Crippen molar-refractivity contribution in [1.82, 2.24) is 0 Å². The van der Waals surface area contributed by atoms with Gasteiger partial charge in [0.05, 0.1) is 0 Å². The first-order valence-corrected chi connectivity index (χ1v) is 11.4. The van der Waals surface area contributed by atoms with Crippen molar-refractivity contribution in [2.75, 3.05) is 0 Å². The summed E-state index contributed by atoms with van der Waals surface area (Å²) in [5.74, 6) is 0. The van der Waals surface area contributed by atoms with Gasteiger partial charge in [-0.2, -0.15) is 0 Å². The molecule has 0 radical (unpaired) electrons. The Balaban J connectivity index is 2.71. The molecule has 0 fully saturated rings. The lowest BCUT2D eigenvalue weighted by Gasteiger charge is -2.30. The fourth-order valence-electron chi connectivity index (χ4n) is 1.57. The average molecular weight is 233 g/mol. The monoisotopic (exact) mass is 232 g/mol. The smallest absolute Gasteiger partial charge is 0.274 e. The quantitative estimate of drug-likeness (QED) is 0.534. The minimum Gasteiger partial charge on any atom is -0.441 e. The highest BCUT2D eigenvalue weighted by atomic mass is 35.6. The minimum absolute atomic E-state index is 1.05. The van der Waals surface area contributed by atoms with E-state index in [9.17, 15) is 0 Å². The molecule has 0 atom stereocenters. The zero-order valence-electron chi connectivity index (χ0n) is 8.73. The van der Waals surface area contributed by atoms with E-state index in [2.05, 4.69) is 31.3 Å². The van der Waals surface area contributed by atoms with Crippen LogP contribution in [0.1, 0.15) is 6.42 Å². The molecule has 0 bridgehead atoms. The second kappa shape index (κ2) is 3.73. The van der Waals surface area contributed by atoms with E-state index in [1.807, 2.05) is 13.1 Å². The molecule has 0 aromatic rings. The second-order valence-corrected chi connectivity index (χ2v) is 14.1. The maximum Gasteiger partial charge on any atom is 0.274 e. The summed E-state index contributed by atoms with van der Waals surface area (Å²) in [4.78, 5) is 0. The highest BCUT2D eigenvalue weighted by Crippen LogP contribution is 2.27. The van der Waals surface area contributed by atoms with Crippen molar-refractivity contribution >= 4 is 27.0 Å². The van der Waals surface area contributed by atoms with Crippen LogP contribution in [0.15, 0.2) is 23.4 Å². The summed E-state index contributed by atoms with van der Waals surface area (Å²) < 4.78 is 6.03. The SMILES string of the molecule is C[Si](C)(Cl)O[Si](C)(C)C1=CCC=C1. The van der Waals surface area contributed by atoms with Gasteiger partial charge in [0.25, 0.3) is 7.63 Å². The Kier molecular flexibility index (Phi) is 3.22. The molecule has 0 amide bonds. The number of allylic oxidation sites excluding steroid dienone is 4. The van der Waals surface area contributed by atoms with Crippen LogP contribution in [0.5, 0.6) is 0 Å². The predicted molar refractivity (Wildman–Crippen MR) is 63.7 cm³/mol. The van der Waals surface area contributed by atoms with E-state index >= 15 is 0 Å². The lowest BCUT2D eigenvalue weighted by Crippen LogP contribution is -2.42. The van der Waals surface area contributed by atoms with E-state index in [1.165, 1.54) is 5.20 Å². The molecule has 4 heteroatoms.